The second-order valence-electron chi connectivity index (χ2n) is 2.06. The van der Waals surface area contributed by atoms with Gasteiger partial charge in [0.1, 0.15) is 0 Å². The zero-order valence-electron chi connectivity index (χ0n) is 5.44. The molecule has 0 amide bonds. The summed E-state index contributed by atoms with van der Waals surface area (Å²) in [6, 6.07) is 0. The van der Waals surface area contributed by atoms with Crippen molar-refractivity contribution in [3.05, 3.63) is 10.6 Å². The molecule has 0 N–H and O–H groups in total. The van der Waals surface area contributed by atoms with Gasteiger partial charge in [-0.15, -0.1) is 0 Å². The predicted molar refractivity (Wildman–Crippen MR) is 50.6 cm³/mol. The first-order valence-corrected chi connectivity index (χ1v) is 7.93. The van der Waals surface area contributed by atoms with E-state index in [1.165, 1.54) is 31.5 Å². The molecule has 1 aromatic rings. The molecule has 9 heavy (non-hydrogen) atoms. The standard InChI is InChI=1S/C5H8P4/c1-4(2)5-8-6-3-7-9-5/h3-4H,1-2H3. The fourth-order valence-corrected chi connectivity index (χ4v) is 8.96. The van der Waals surface area contributed by atoms with Crippen LogP contribution in [-0.2, 0) is 0 Å². The van der Waals surface area contributed by atoms with E-state index in [9.17, 15) is 0 Å². The summed E-state index contributed by atoms with van der Waals surface area (Å²) >= 11 is 0. The van der Waals surface area contributed by atoms with Gasteiger partial charge in [0, 0.05) is 10.6 Å². The van der Waals surface area contributed by atoms with Crippen LogP contribution in [-0.4, -0.2) is 0 Å². The third-order valence-corrected chi connectivity index (χ3v) is 8.83. The van der Waals surface area contributed by atoms with Gasteiger partial charge >= 0.3 is 0 Å². The Morgan fingerprint density at radius 1 is 1.22 bits per heavy atom. The highest BCUT2D eigenvalue weighted by atomic mass is 31.9. The summed E-state index contributed by atoms with van der Waals surface area (Å²) in [5, 5.41) is 1.70. The quantitative estimate of drug-likeness (QED) is 0.578. The maximum absolute atomic E-state index is 2.33. The highest BCUT2D eigenvalue weighted by molar-refractivity contribution is 8.04. The van der Waals surface area contributed by atoms with Crippen LogP contribution in [0.3, 0.4) is 0 Å². The largest absolute Gasteiger partial charge is 0.0580 e. The van der Waals surface area contributed by atoms with E-state index in [0.29, 0.717) is 0 Å². The fraction of sp³-hybridized carbons (Fsp3) is 0.600. The van der Waals surface area contributed by atoms with Gasteiger partial charge in [0.2, 0.25) is 0 Å². The smallest absolute Gasteiger partial charge is 0.0183 e. The van der Waals surface area contributed by atoms with Crippen molar-refractivity contribution in [1.29, 1.82) is 0 Å². The summed E-state index contributed by atoms with van der Waals surface area (Å²) in [5.41, 5.74) is 2.33. The van der Waals surface area contributed by atoms with Gasteiger partial charge in [0.15, 0.2) is 0 Å². The van der Waals surface area contributed by atoms with Gasteiger partial charge in [-0.1, -0.05) is 13.8 Å². The van der Waals surface area contributed by atoms with Crippen LogP contribution in [0.25, 0.3) is 0 Å². The topological polar surface area (TPSA) is 0 Å². The highest BCUT2D eigenvalue weighted by Crippen LogP contribution is 2.42. The van der Waals surface area contributed by atoms with Crippen LogP contribution in [0, 0.1) is 0 Å². The van der Waals surface area contributed by atoms with Crippen molar-refractivity contribution in [2.24, 2.45) is 0 Å². The molecule has 1 rings (SSSR count). The van der Waals surface area contributed by atoms with Crippen LogP contribution in [0.2, 0.25) is 0 Å². The molecule has 0 nitrogen and oxygen atoms in total. The predicted octanol–water partition coefficient (Wildman–Crippen LogP) is 5.13. The summed E-state index contributed by atoms with van der Waals surface area (Å²) in [5.74, 6) is 0.794. The average Bonchev–Trinajstić information content (AvgIpc) is 1.90. The molecule has 0 aromatic carbocycles. The zero-order chi connectivity index (χ0) is 6.69. The molecule has 0 atom stereocenters. The van der Waals surface area contributed by atoms with Crippen molar-refractivity contribution < 1.29 is 0 Å². The summed E-state index contributed by atoms with van der Waals surface area (Å²) in [4.78, 5) is 0. The van der Waals surface area contributed by atoms with E-state index >= 15 is 0 Å². The molecule has 0 aliphatic carbocycles. The fourth-order valence-electron chi connectivity index (χ4n) is 0.444. The van der Waals surface area contributed by atoms with Crippen molar-refractivity contribution in [2.75, 3.05) is 0 Å². The Hall–Kier alpha value is 0.940. The van der Waals surface area contributed by atoms with Crippen LogP contribution in [0.1, 0.15) is 24.8 Å². The lowest BCUT2D eigenvalue weighted by Gasteiger charge is -1.98. The van der Waals surface area contributed by atoms with Crippen molar-refractivity contribution in [3.63, 3.8) is 0 Å². The molecule has 1 aromatic heterocycles. The molecule has 4 heteroatoms. The molecule has 0 bridgehead atoms. The van der Waals surface area contributed by atoms with E-state index in [1.54, 1.807) is 5.03 Å². The number of hydrogen-bond acceptors (Lipinski definition) is 0. The summed E-state index contributed by atoms with van der Waals surface area (Å²) in [7, 11) is 6.06. The molecule has 0 saturated heterocycles. The lowest BCUT2D eigenvalue weighted by molar-refractivity contribution is 0.908. The molecule has 0 aliphatic heterocycles. The van der Waals surface area contributed by atoms with Gasteiger partial charge in [0.25, 0.3) is 0 Å². The lowest BCUT2D eigenvalue weighted by Crippen LogP contribution is -1.73. The first-order chi connectivity index (χ1) is 4.30. The Balaban J connectivity index is 2.85. The first-order valence-electron chi connectivity index (χ1n) is 2.81. The van der Waals surface area contributed by atoms with Crippen molar-refractivity contribution in [1.82, 2.24) is 0 Å². The van der Waals surface area contributed by atoms with E-state index in [2.05, 4.69) is 19.4 Å². The molecule has 48 valence electrons. The highest BCUT2D eigenvalue weighted by Gasteiger charge is 1.96. The molecule has 0 fully saturated rings. The Labute approximate surface area is 62.3 Å². The van der Waals surface area contributed by atoms with E-state index < -0.39 is 0 Å². The molecule has 0 radical (unpaired) electrons. The van der Waals surface area contributed by atoms with E-state index in [0.717, 1.165) is 5.92 Å². The van der Waals surface area contributed by atoms with Crippen molar-refractivity contribution in [3.8, 4) is 0 Å². The first kappa shape index (κ1) is 8.04. The van der Waals surface area contributed by atoms with Crippen molar-refractivity contribution in [2.45, 2.75) is 19.8 Å². The van der Waals surface area contributed by atoms with Crippen LogP contribution in [0.15, 0.2) is 5.53 Å². The molecular formula is C5H8P4. The second kappa shape index (κ2) is 3.95. The second-order valence-corrected chi connectivity index (χ2v) is 7.75. The minimum absolute atomic E-state index is 0.794. The molecule has 0 aliphatic rings. The van der Waals surface area contributed by atoms with E-state index in [1.807, 2.05) is 0 Å². The Morgan fingerprint density at radius 3 is 2.11 bits per heavy atom. The van der Waals surface area contributed by atoms with E-state index in [4.69, 9.17) is 0 Å². The molecule has 0 unspecified atom stereocenters. The van der Waals surface area contributed by atoms with Crippen LogP contribution in [0.5, 0.6) is 0 Å². The third kappa shape index (κ3) is 2.57. The summed E-state index contributed by atoms with van der Waals surface area (Å²) < 4.78 is 0. The van der Waals surface area contributed by atoms with Gasteiger partial charge in [-0.05, 0) is 37.4 Å². The van der Waals surface area contributed by atoms with Gasteiger partial charge < -0.3 is 0 Å². The van der Waals surface area contributed by atoms with Crippen molar-refractivity contribution >= 4 is 31.5 Å². The zero-order valence-corrected chi connectivity index (χ0v) is 9.02. The Kier molecular flexibility index (Phi) is 3.53. The van der Waals surface area contributed by atoms with Gasteiger partial charge in [-0.25, -0.2) is 0 Å². The van der Waals surface area contributed by atoms with Gasteiger partial charge in [-0.3, -0.25) is 0 Å². The SMILES string of the molecule is CC(C)c1ppcpp1. The van der Waals surface area contributed by atoms with Crippen LogP contribution >= 0.6 is 31.5 Å². The molecule has 0 saturated carbocycles. The van der Waals surface area contributed by atoms with Crippen LogP contribution < -0.4 is 0 Å². The van der Waals surface area contributed by atoms with Gasteiger partial charge in [-0.2, -0.15) is 0 Å². The minimum atomic E-state index is 0.794. The molecule has 1 heterocycles. The number of rotatable bonds is 1. The maximum Gasteiger partial charge on any atom is 0.0183 e. The average molecular weight is 192 g/mol. The molecule has 0 spiro atoms. The summed E-state index contributed by atoms with van der Waals surface area (Å²) in [6.45, 7) is 4.57. The minimum Gasteiger partial charge on any atom is -0.0580 e. The third-order valence-electron chi connectivity index (χ3n) is 0.940. The Bertz CT molecular complexity index is 172. The van der Waals surface area contributed by atoms with E-state index in [-0.39, 0.29) is 0 Å². The van der Waals surface area contributed by atoms with Gasteiger partial charge in [0.05, 0.1) is 0 Å². The summed E-state index contributed by atoms with van der Waals surface area (Å²) in [6.07, 6.45) is 0. The number of hydrogen-bond donors (Lipinski definition) is 0. The lowest BCUT2D eigenvalue weighted by atomic mass is 10.3. The normalized spacial score (nSPS) is 13.7. The Morgan fingerprint density at radius 2 is 1.78 bits per heavy atom. The maximum atomic E-state index is 2.33. The van der Waals surface area contributed by atoms with Crippen LogP contribution in [0.4, 0.5) is 0 Å². The molecular weight excluding hydrogens is 184 g/mol. The monoisotopic (exact) mass is 192 g/mol.